The fraction of sp³-hybridized carbons (Fsp3) is 0. The van der Waals surface area contributed by atoms with Crippen LogP contribution < -0.4 is 0 Å². The molecule has 14 heavy (non-hydrogen) atoms. The van der Waals surface area contributed by atoms with Crippen molar-refractivity contribution in [3.05, 3.63) is 23.4 Å². The normalized spacial score (nSPS) is 12.1. The number of nitrogens with one attached hydrogen (secondary N) is 1. The van der Waals surface area contributed by atoms with Gasteiger partial charge in [0.25, 0.3) is 9.05 Å². The molecule has 0 radical (unpaired) electrons. The molecule has 0 atom stereocenters. The Morgan fingerprint density at radius 1 is 1.36 bits per heavy atom. The van der Waals surface area contributed by atoms with E-state index in [-0.39, 0.29) is 4.90 Å². The molecule has 4 nitrogen and oxygen atoms in total. The lowest BCUT2D eigenvalue weighted by molar-refractivity contribution is 0.609. The van der Waals surface area contributed by atoms with E-state index < -0.39 is 9.05 Å². The van der Waals surface area contributed by atoms with E-state index in [2.05, 4.69) is 10.2 Å². The zero-order valence-electron chi connectivity index (χ0n) is 6.66. The molecule has 1 N–H and O–H groups in total. The third kappa shape index (κ3) is 1.58. The smallest absolute Gasteiger partial charge is 0.261 e. The summed E-state index contributed by atoms with van der Waals surface area (Å²) in [6.45, 7) is 0. The van der Waals surface area contributed by atoms with Crippen molar-refractivity contribution < 1.29 is 8.42 Å². The maximum absolute atomic E-state index is 11.0. The van der Waals surface area contributed by atoms with Gasteiger partial charge in [-0.15, -0.1) is 0 Å². The van der Waals surface area contributed by atoms with E-state index in [9.17, 15) is 8.42 Å². The number of fused-ring (bicyclic) bond motifs is 1. The van der Waals surface area contributed by atoms with E-state index in [1.807, 2.05) is 0 Å². The van der Waals surface area contributed by atoms with Crippen LogP contribution >= 0.6 is 22.3 Å². The Labute approximate surface area is 89.2 Å². The standard InChI is InChI=1S/C7H4Cl2N2O2S/c8-7-5-2-1-4(14(9,12)13)3-6(5)10-11-7/h1-3H,(H,10,11). The molecule has 0 aliphatic rings. The van der Waals surface area contributed by atoms with Gasteiger partial charge in [-0.05, 0) is 18.2 Å². The molecule has 1 aromatic heterocycles. The minimum absolute atomic E-state index is 0.00910. The highest BCUT2D eigenvalue weighted by Crippen LogP contribution is 2.24. The van der Waals surface area contributed by atoms with Gasteiger partial charge in [-0.25, -0.2) is 8.42 Å². The average Bonchev–Trinajstić information content (AvgIpc) is 2.46. The SMILES string of the molecule is O=S(=O)(Cl)c1ccc2c(Cl)[nH]nc2c1. The third-order valence-corrected chi connectivity index (χ3v) is 3.40. The first-order valence-electron chi connectivity index (χ1n) is 3.57. The highest BCUT2D eigenvalue weighted by Gasteiger charge is 2.12. The molecule has 74 valence electrons. The number of rotatable bonds is 1. The zero-order chi connectivity index (χ0) is 10.3. The van der Waals surface area contributed by atoms with E-state index in [0.29, 0.717) is 16.1 Å². The average molecular weight is 251 g/mol. The van der Waals surface area contributed by atoms with Gasteiger partial charge >= 0.3 is 0 Å². The summed E-state index contributed by atoms with van der Waals surface area (Å²) < 4.78 is 22.0. The van der Waals surface area contributed by atoms with Crippen LogP contribution in [0.4, 0.5) is 0 Å². The van der Waals surface area contributed by atoms with Crippen LogP contribution in [0.25, 0.3) is 10.9 Å². The number of halogens is 2. The van der Waals surface area contributed by atoms with Gasteiger partial charge in [0.15, 0.2) is 0 Å². The van der Waals surface area contributed by atoms with Gasteiger partial charge < -0.3 is 0 Å². The Balaban J connectivity index is 2.76. The number of hydrogen-bond acceptors (Lipinski definition) is 3. The molecular weight excluding hydrogens is 247 g/mol. The fourth-order valence-corrected chi connectivity index (χ4v) is 2.08. The summed E-state index contributed by atoms with van der Waals surface area (Å²) in [7, 11) is 1.46. The molecule has 0 saturated heterocycles. The lowest BCUT2D eigenvalue weighted by Crippen LogP contribution is -1.89. The maximum Gasteiger partial charge on any atom is 0.261 e. The molecule has 0 aliphatic carbocycles. The minimum atomic E-state index is -3.71. The Morgan fingerprint density at radius 2 is 2.07 bits per heavy atom. The quantitative estimate of drug-likeness (QED) is 0.790. The van der Waals surface area contributed by atoms with Gasteiger partial charge in [0, 0.05) is 16.1 Å². The second-order valence-electron chi connectivity index (χ2n) is 2.65. The first-order valence-corrected chi connectivity index (χ1v) is 6.25. The summed E-state index contributed by atoms with van der Waals surface area (Å²) in [6.07, 6.45) is 0. The van der Waals surface area contributed by atoms with Crippen molar-refractivity contribution in [1.82, 2.24) is 10.2 Å². The molecule has 1 heterocycles. The van der Waals surface area contributed by atoms with Crippen molar-refractivity contribution in [2.24, 2.45) is 0 Å². The van der Waals surface area contributed by atoms with Gasteiger partial charge in [0.2, 0.25) is 0 Å². The van der Waals surface area contributed by atoms with Crippen LogP contribution in [0.2, 0.25) is 5.15 Å². The number of H-pyrrole nitrogens is 1. The number of aromatic amines is 1. The predicted molar refractivity (Wildman–Crippen MR) is 54.1 cm³/mol. The molecule has 2 rings (SSSR count). The topological polar surface area (TPSA) is 62.8 Å². The first kappa shape index (κ1) is 9.76. The van der Waals surface area contributed by atoms with Gasteiger partial charge in [0.05, 0.1) is 10.4 Å². The number of hydrogen-bond donors (Lipinski definition) is 1. The van der Waals surface area contributed by atoms with Crippen molar-refractivity contribution >= 4 is 42.2 Å². The first-order chi connectivity index (χ1) is 6.48. The van der Waals surface area contributed by atoms with Gasteiger partial charge in [0.1, 0.15) is 5.15 Å². The molecule has 0 aliphatic heterocycles. The lowest BCUT2D eigenvalue weighted by Gasteiger charge is -1.94. The van der Waals surface area contributed by atoms with Crippen LogP contribution in [-0.4, -0.2) is 18.6 Å². The van der Waals surface area contributed by atoms with Crippen LogP contribution in [-0.2, 0) is 9.05 Å². The van der Waals surface area contributed by atoms with Crippen molar-refractivity contribution in [3.8, 4) is 0 Å². The molecule has 0 fully saturated rings. The van der Waals surface area contributed by atoms with Crippen LogP contribution in [0.1, 0.15) is 0 Å². The van der Waals surface area contributed by atoms with Crippen LogP contribution in [0, 0.1) is 0 Å². The van der Waals surface area contributed by atoms with Crippen molar-refractivity contribution in [3.63, 3.8) is 0 Å². The Hall–Kier alpha value is -0.780. The van der Waals surface area contributed by atoms with Crippen LogP contribution in [0.3, 0.4) is 0 Å². The predicted octanol–water partition coefficient (Wildman–Crippen LogP) is 2.14. The Morgan fingerprint density at radius 3 is 2.71 bits per heavy atom. The monoisotopic (exact) mass is 250 g/mol. The van der Waals surface area contributed by atoms with Gasteiger partial charge in [-0.3, -0.25) is 5.10 Å². The highest BCUT2D eigenvalue weighted by molar-refractivity contribution is 8.13. The fourth-order valence-electron chi connectivity index (χ4n) is 1.11. The maximum atomic E-state index is 11.0. The number of nitrogens with zero attached hydrogens (tertiary/aromatic N) is 1. The zero-order valence-corrected chi connectivity index (χ0v) is 8.99. The summed E-state index contributed by atoms with van der Waals surface area (Å²) in [5.74, 6) is 0. The molecule has 0 bridgehead atoms. The summed E-state index contributed by atoms with van der Waals surface area (Å²) in [4.78, 5) is 0.00910. The Bertz CT molecular complexity index is 591. The van der Waals surface area contributed by atoms with Gasteiger partial charge in [-0.1, -0.05) is 11.6 Å². The van der Waals surface area contributed by atoms with Crippen molar-refractivity contribution in [1.29, 1.82) is 0 Å². The molecule has 0 saturated carbocycles. The van der Waals surface area contributed by atoms with E-state index in [4.69, 9.17) is 22.3 Å². The molecule has 0 amide bonds. The summed E-state index contributed by atoms with van der Waals surface area (Å²) in [5.41, 5.74) is 0.469. The van der Waals surface area contributed by atoms with E-state index in [1.165, 1.54) is 12.1 Å². The van der Waals surface area contributed by atoms with E-state index >= 15 is 0 Å². The summed E-state index contributed by atoms with van der Waals surface area (Å²) in [5, 5.41) is 7.38. The molecule has 7 heteroatoms. The number of aromatic nitrogens is 2. The third-order valence-electron chi connectivity index (χ3n) is 1.76. The Kier molecular flexibility index (Phi) is 2.17. The van der Waals surface area contributed by atoms with E-state index in [0.717, 1.165) is 0 Å². The molecule has 0 spiro atoms. The second kappa shape index (κ2) is 3.12. The highest BCUT2D eigenvalue weighted by atomic mass is 35.7. The second-order valence-corrected chi connectivity index (χ2v) is 5.60. The van der Waals surface area contributed by atoms with Crippen molar-refractivity contribution in [2.45, 2.75) is 4.90 Å². The minimum Gasteiger partial charge on any atom is -0.266 e. The van der Waals surface area contributed by atoms with E-state index in [1.54, 1.807) is 6.07 Å². The molecule has 2 aromatic rings. The molecule has 0 unspecified atom stereocenters. The largest absolute Gasteiger partial charge is 0.266 e. The lowest BCUT2D eigenvalue weighted by atomic mass is 10.3. The van der Waals surface area contributed by atoms with Crippen LogP contribution in [0.15, 0.2) is 23.1 Å². The summed E-state index contributed by atoms with van der Waals surface area (Å²) >= 11 is 5.74. The van der Waals surface area contributed by atoms with Crippen molar-refractivity contribution in [2.75, 3.05) is 0 Å². The van der Waals surface area contributed by atoms with Crippen LogP contribution in [0.5, 0.6) is 0 Å². The molecular formula is C7H4Cl2N2O2S. The van der Waals surface area contributed by atoms with Gasteiger partial charge in [-0.2, -0.15) is 5.10 Å². The number of benzene rings is 1. The molecule has 1 aromatic carbocycles. The summed E-state index contributed by atoms with van der Waals surface area (Å²) in [6, 6.07) is 4.29.